The summed E-state index contributed by atoms with van der Waals surface area (Å²) in [6.07, 6.45) is -4.15. The summed E-state index contributed by atoms with van der Waals surface area (Å²) in [4.78, 5) is 0. The number of alkyl halides is 3. The third-order valence-electron chi connectivity index (χ3n) is 1.89. The van der Waals surface area contributed by atoms with Crippen LogP contribution in [0.3, 0.4) is 0 Å². The normalized spacial score (nSPS) is 11.8. The number of nitrogens with one attached hydrogen (secondary N) is 1. The number of rotatable bonds is 3. The van der Waals surface area contributed by atoms with Gasteiger partial charge in [0.1, 0.15) is 0 Å². The molecule has 1 N–H and O–H groups in total. The van der Waals surface area contributed by atoms with Crippen LogP contribution in [0, 0.1) is 6.92 Å². The lowest BCUT2D eigenvalue weighted by Gasteiger charge is -2.08. The van der Waals surface area contributed by atoms with E-state index in [1.165, 1.54) is 0 Å². The Morgan fingerprint density at radius 1 is 1.33 bits per heavy atom. The highest BCUT2D eigenvalue weighted by Gasteiger charge is 2.25. The van der Waals surface area contributed by atoms with Crippen molar-refractivity contribution in [2.45, 2.75) is 19.6 Å². The van der Waals surface area contributed by atoms with Crippen molar-refractivity contribution < 1.29 is 13.2 Å². The zero-order chi connectivity index (χ0) is 11.5. The molecule has 0 aromatic heterocycles. The molecule has 0 saturated carbocycles. The minimum atomic E-state index is -4.15. The Hall–Kier alpha value is -0.550. The van der Waals surface area contributed by atoms with Gasteiger partial charge in [0.15, 0.2) is 0 Å². The zero-order valence-electron chi connectivity index (χ0n) is 8.16. The number of halogens is 4. The summed E-state index contributed by atoms with van der Waals surface area (Å²) in [5.41, 5.74) is 1.89. The van der Waals surface area contributed by atoms with Gasteiger partial charge in [-0.1, -0.05) is 28.1 Å². The molecule has 0 radical (unpaired) electrons. The van der Waals surface area contributed by atoms with Gasteiger partial charge in [-0.25, -0.2) is 0 Å². The molecule has 15 heavy (non-hydrogen) atoms. The van der Waals surface area contributed by atoms with E-state index in [2.05, 4.69) is 21.2 Å². The van der Waals surface area contributed by atoms with Gasteiger partial charge in [-0.05, 0) is 24.1 Å². The molecule has 0 heterocycles. The van der Waals surface area contributed by atoms with Crippen molar-refractivity contribution in [1.29, 1.82) is 0 Å². The van der Waals surface area contributed by atoms with Gasteiger partial charge in [0.25, 0.3) is 0 Å². The van der Waals surface area contributed by atoms with Crippen molar-refractivity contribution in [3.8, 4) is 0 Å². The van der Waals surface area contributed by atoms with Crippen LogP contribution in [-0.2, 0) is 6.54 Å². The molecular formula is C10H11BrF3N. The van der Waals surface area contributed by atoms with E-state index in [1.807, 2.05) is 25.1 Å². The maximum absolute atomic E-state index is 11.8. The molecule has 0 atom stereocenters. The number of benzene rings is 1. The van der Waals surface area contributed by atoms with Gasteiger partial charge < -0.3 is 5.32 Å². The van der Waals surface area contributed by atoms with Crippen molar-refractivity contribution in [2.24, 2.45) is 0 Å². The van der Waals surface area contributed by atoms with E-state index in [9.17, 15) is 13.2 Å². The van der Waals surface area contributed by atoms with E-state index < -0.39 is 12.7 Å². The van der Waals surface area contributed by atoms with Crippen LogP contribution in [0.25, 0.3) is 0 Å². The fourth-order valence-corrected chi connectivity index (χ4v) is 1.52. The van der Waals surface area contributed by atoms with Crippen LogP contribution in [0.1, 0.15) is 11.1 Å². The van der Waals surface area contributed by atoms with E-state index in [0.29, 0.717) is 0 Å². The summed E-state index contributed by atoms with van der Waals surface area (Å²) >= 11 is 3.33. The Bertz CT molecular complexity index is 336. The van der Waals surface area contributed by atoms with Crippen molar-refractivity contribution in [3.05, 3.63) is 33.8 Å². The van der Waals surface area contributed by atoms with E-state index in [-0.39, 0.29) is 6.54 Å². The molecule has 1 aromatic rings. The van der Waals surface area contributed by atoms with Crippen LogP contribution in [0.15, 0.2) is 22.7 Å². The molecule has 0 spiro atoms. The third-order valence-corrected chi connectivity index (χ3v) is 2.75. The summed E-state index contributed by atoms with van der Waals surface area (Å²) in [5.74, 6) is 0. The average Bonchev–Trinajstić information content (AvgIpc) is 2.09. The predicted octanol–water partition coefficient (Wildman–Crippen LogP) is 3.41. The first-order valence-corrected chi connectivity index (χ1v) is 5.20. The first-order chi connectivity index (χ1) is 6.88. The molecular weight excluding hydrogens is 271 g/mol. The SMILES string of the molecule is Cc1ccc(CNCC(F)(F)F)cc1Br. The summed E-state index contributed by atoms with van der Waals surface area (Å²) in [6, 6.07) is 5.50. The molecule has 84 valence electrons. The van der Waals surface area contributed by atoms with Crippen LogP contribution in [-0.4, -0.2) is 12.7 Å². The zero-order valence-corrected chi connectivity index (χ0v) is 9.74. The highest BCUT2D eigenvalue weighted by Crippen LogP contribution is 2.18. The lowest BCUT2D eigenvalue weighted by Crippen LogP contribution is -2.28. The third kappa shape index (κ3) is 4.66. The number of hydrogen-bond acceptors (Lipinski definition) is 1. The van der Waals surface area contributed by atoms with Gasteiger partial charge in [-0.2, -0.15) is 13.2 Å². The Kier molecular flexibility index (Phi) is 4.16. The Labute approximate surface area is 94.8 Å². The number of aryl methyl sites for hydroxylation is 1. The first-order valence-electron chi connectivity index (χ1n) is 4.41. The molecule has 1 rings (SSSR count). The molecule has 0 bridgehead atoms. The second kappa shape index (κ2) is 4.99. The molecule has 0 fully saturated rings. The van der Waals surface area contributed by atoms with Crippen molar-refractivity contribution in [1.82, 2.24) is 5.32 Å². The quantitative estimate of drug-likeness (QED) is 0.895. The van der Waals surface area contributed by atoms with Crippen molar-refractivity contribution >= 4 is 15.9 Å². The van der Waals surface area contributed by atoms with Crippen LogP contribution in [0.2, 0.25) is 0 Å². The highest BCUT2D eigenvalue weighted by atomic mass is 79.9. The summed E-state index contributed by atoms with van der Waals surface area (Å²) in [6.45, 7) is 1.19. The maximum Gasteiger partial charge on any atom is 0.401 e. The highest BCUT2D eigenvalue weighted by molar-refractivity contribution is 9.10. The lowest BCUT2D eigenvalue weighted by atomic mass is 10.1. The smallest absolute Gasteiger partial charge is 0.305 e. The molecule has 0 unspecified atom stereocenters. The molecule has 1 nitrogen and oxygen atoms in total. The average molecular weight is 282 g/mol. The van der Waals surface area contributed by atoms with E-state index in [1.54, 1.807) is 0 Å². The molecule has 0 saturated heterocycles. The standard InChI is InChI=1S/C10H11BrF3N/c1-7-2-3-8(4-9(7)11)5-15-6-10(12,13)14/h2-4,15H,5-6H2,1H3. The molecule has 0 aliphatic heterocycles. The fourth-order valence-electron chi connectivity index (χ4n) is 1.09. The van der Waals surface area contributed by atoms with Gasteiger partial charge in [0.05, 0.1) is 6.54 Å². The predicted molar refractivity (Wildman–Crippen MR) is 56.6 cm³/mol. The van der Waals surface area contributed by atoms with Gasteiger partial charge in [-0.3, -0.25) is 0 Å². The van der Waals surface area contributed by atoms with E-state index in [4.69, 9.17) is 0 Å². The van der Waals surface area contributed by atoms with Crippen LogP contribution in [0.5, 0.6) is 0 Å². The fraction of sp³-hybridized carbons (Fsp3) is 0.400. The second-order valence-corrected chi connectivity index (χ2v) is 4.16. The Morgan fingerprint density at radius 2 is 2.00 bits per heavy atom. The topological polar surface area (TPSA) is 12.0 Å². The van der Waals surface area contributed by atoms with Gasteiger partial charge in [0, 0.05) is 11.0 Å². The maximum atomic E-state index is 11.8. The molecule has 0 aliphatic carbocycles. The summed E-state index contributed by atoms with van der Waals surface area (Å²) < 4.78 is 36.4. The number of hydrogen-bond donors (Lipinski definition) is 1. The lowest BCUT2D eigenvalue weighted by molar-refractivity contribution is -0.125. The summed E-state index contributed by atoms with van der Waals surface area (Å²) in [5, 5.41) is 2.34. The van der Waals surface area contributed by atoms with Crippen molar-refractivity contribution in [3.63, 3.8) is 0 Å². The minimum absolute atomic E-state index is 0.221. The monoisotopic (exact) mass is 281 g/mol. The van der Waals surface area contributed by atoms with Crippen molar-refractivity contribution in [2.75, 3.05) is 6.54 Å². The van der Waals surface area contributed by atoms with Gasteiger partial charge in [0.2, 0.25) is 0 Å². The second-order valence-electron chi connectivity index (χ2n) is 3.30. The minimum Gasteiger partial charge on any atom is -0.305 e. The molecule has 1 aromatic carbocycles. The van der Waals surface area contributed by atoms with E-state index in [0.717, 1.165) is 15.6 Å². The van der Waals surface area contributed by atoms with E-state index >= 15 is 0 Å². The van der Waals surface area contributed by atoms with Crippen LogP contribution in [0.4, 0.5) is 13.2 Å². The molecule has 5 heteroatoms. The Balaban J connectivity index is 2.48. The molecule has 0 amide bonds. The largest absolute Gasteiger partial charge is 0.401 e. The van der Waals surface area contributed by atoms with Crippen LogP contribution < -0.4 is 5.32 Å². The van der Waals surface area contributed by atoms with Gasteiger partial charge in [-0.15, -0.1) is 0 Å². The first kappa shape index (κ1) is 12.5. The van der Waals surface area contributed by atoms with Gasteiger partial charge >= 0.3 is 6.18 Å². The summed E-state index contributed by atoms with van der Waals surface area (Å²) in [7, 11) is 0. The molecule has 0 aliphatic rings. The Morgan fingerprint density at radius 3 is 2.53 bits per heavy atom. The van der Waals surface area contributed by atoms with Crippen LogP contribution >= 0.6 is 15.9 Å².